The number of benzene rings is 1. The van der Waals surface area contributed by atoms with Crippen molar-refractivity contribution in [2.45, 2.75) is 32.4 Å². The predicted octanol–water partition coefficient (Wildman–Crippen LogP) is 3.70. The van der Waals surface area contributed by atoms with E-state index in [1.54, 1.807) is 12.1 Å². The maximum atomic E-state index is 11.9. The van der Waals surface area contributed by atoms with Crippen molar-refractivity contribution in [2.75, 3.05) is 7.11 Å². The summed E-state index contributed by atoms with van der Waals surface area (Å²) in [5.41, 5.74) is 0.826. The van der Waals surface area contributed by atoms with E-state index in [0.29, 0.717) is 5.02 Å². The summed E-state index contributed by atoms with van der Waals surface area (Å²) in [4.78, 5) is 11.9. The molecule has 0 spiro atoms. The molecule has 0 bridgehead atoms. The minimum Gasteiger partial charge on any atom is -0.468 e. The molecule has 0 aliphatic heterocycles. The third kappa shape index (κ3) is 3.97. The Morgan fingerprint density at radius 1 is 1.56 bits per heavy atom. The average Bonchev–Trinajstić information content (AvgIpc) is 2.35. The molecule has 0 saturated carbocycles. The van der Waals surface area contributed by atoms with Gasteiger partial charge in [0.2, 0.25) is 0 Å². The Bertz CT molecular complexity index is 425. The van der Waals surface area contributed by atoms with E-state index in [4.69, 9.17) is 16.3 Å². The van der Waals surface area contributed by atoms with Crippen molar-refractivity contribution >= 4 is 33.5 Å². The number of halogens is 2. The van der Waals surface area contributed by atoms with Crippen molar-refractivity contribution in [1.29, 1.82) is 0 Å². The first kappa shape index (κ1) is 15.5. The molecule has 1 N–H and O–H groups in total. The van der Waals surface area contributed by atoms with Gasteiger partial charge in [-0.2, -0.15) is 0 Å². The van der Waals surface area contributed by atoms with Gasteiger partial charge in [0.25, 0.3) is 0 Å². The van der Waals surface area contributed by atoms with Crippen molar-refractivity contribution in [3.8, 4) is 0 Å². The first-order valence-electron chi connectivity index (χ1n) is 5.78. The summed E-state index contributed by atoms with van der Waals surface area (Å²) in [6.07, 6.45) is 0.929. The fourth-order valence-corrected chi connectivity index (χ4v) is 2.45. The molecular weight excluding hydrogens is 318 g/mol. The van der Waals surface area contributed by atoms with Crippen LogP contribution in [0.2, 0.25) is 5.02 Å². The first-order chi connectivity index (χ1) is 8.49. The minimum atomic E-state index is -0.489. The lowest BCUT2D eigenvalue weighted by atomic mass is 10.1. The van der Waals surface area contributed by atoms with Crippen LogP contribution in [0.3, 0.4) is 0 Å². The SMILES string of the molecule is CCC(C)NC(C(=O)OC)c1ccc(Cl)cc1Br. The third-order valence-electron chi connectivity index (χ3n) is 2.77. The Morgan fingerprint density at radius 2 is 2.22 bits per heavy atom. The highest BCUT2D eigenvalue weighted by atomic mass is 79.9. The fourth-order valence-electron chi connectivity index (χ4n) is 1.54. The lowest BCUT2D eigenvalue weighted by Crippen LogP contribution is -2.35. The summed E-state index contributed by atoms with van der Waals surface area (Å²) >= 11 is 9.33. The molecule has 0 heterocycles. The van der Waals surface area contributed by atoms with Crippen LogP contribution in [0.15, 0.2) is 22.7 Å². The van der Waals surface area contributed by atoms with E-state index >= 15 is 0 Å². The number of carbonyl (C=O) groups excluding carboxylic acids is 1. The molecule has 1 aromatic carbocycles. The molecule has 0 aliphatic carbocycles. The maximum Gasteiger partial charge on any atom is 0.327 e. The van der Waals surface area contributed by atoms with Crippen LogP contribution in [0.25, 0.3) is 0 Å². The molecule has 2 unspecified atom stereocenters. The Labute approximate surface area is 121 Å². The summed E-state index contributed by atoms with van der Waals surface area (Å²) in [6, 6.07) is 5.08. The second-order valence-corrected chi connectivity index (χ2v) is 5.39. The van der Waals surface area contributed by atoms with E-state index in [2.05, 4.69) is 28.2 Å². The van der Waals surface area contributed by atoms with Gasteiger partial charge in [0, 0.05) is 15.5 Å². The highest BCUT2D eigenvalue weighted by Crippen LogP contribution is 2.28. The zero-order valence-corrected chi connectivity index (χ0v) is 13.0. The summed E-state index contributed by atoms with van der Waals surface area (Å²) < 4.78 is 5.63. The van der Waals surface area contributed by atoms with Crippen LogP contribution in [0, 0.1) is 0 Å². The number of hydrogen-bond donors (Lipinski definition) is 1. The molecule has 0 aromatic heterocycles. The largest absolute Gasteiger partial charge is 0.468 e. The molecular formula is C13H17BrClNO2. The molecule has 0 amide bonds. The second kappa shape index (κ2) is 7.12. The third-order valence-corrected chi connectivity index (χ3v) is 3.70. The van der Waals surface area contributed by atoms with Gasteiger partial charge in [-0.3, -0.25) is 5.32 Å². The van der Waals surface area contributed by atoms with Gasteiger partial charge in [-0.15, -0.1) is 0 Å². The number of nitrogens with one attached hydrogen (secondary N) is 1. The highest BCUT2D eigenvalue weighted by Gasteiger charge is 2.24. The number of carbonyl (C=O) groups is 1. The molecule has 1 aromatic rings. The monoisotopic (exact) mass is 333 g/mol. The smallest absolute Gasteiger partial charge is 0.327 e. The Morgan fingerprint density at radius 3 is 2.72 bits per heavy atom. The van der Waals surface area contributed by atoms with Crippen LogP contribution >= 0.6 is 27.5 Å². The van der Waals surface area contributed by atoms with Crippen molar-refractivity contribution < 1.29 is 9.53 Å². The van der Waals surface area contributed by atoms with Crippen LogP contribution < -0.4 is 5.32 Å². The molecule has 1 rings (SSSR count). The number of ether oxygens (including phenoxy) is 1. The van der Waals surface area contributed by atoms with Gasteiger partial charge in [-0.25, -0.2) is 4.79 Å². The van der Waals surface area contributed by atoms with Gasteiger partial charge in [0.15, 0.2) is 0 Å². The predicted molar refractivity (Wildman–Crippen MR) is 76.8 cm³/mol. The molecule has 0 aliphatic rings. The van der Waals surface area contributed by atoms with Crippen LogP contribution in [0.1, 0.15) is 31.9 Å². The van der Waals surface area contributed by atoms with Gasteiger partial charge < -0.3 is 4.74 Å². The Hall–Kier alpha value is -0.580. The molecule has 2 atom stereocenters. The lowest BCUT2D eigenvalue weighted by Gasteiger charge is -2.22. The van der Waals surface area contributed by atoms with E-state index in [1.807, 2.05) is 13.0 Å². The first-order valence-corrected chi connectivity index (χ1v) is 6.95. The van der Waals surface area contributed by atoms with E-state index in [0.717, 1.165) is 16.5 Å². The van der Waals surface area contributed by atoms with E-state index in [-0.39, 0.29) is 12.0 Å². The molecule has 3 nitrogen and oxygen atoms in total. The standard InChI is InChI=1S/C13H17BrClNO2/c1-4-8(2)16-12(13(17)18-3)10-6-5-9(15)7-11(10)14/h5-8,12,16H,4H2,1-3H3. The van der Waals surface area contributed by atoms with Crippen LogP contribution in [0.4, 0.5) is 0 Å². The molecule has 0 radical (unpaired) electrons. The van der Waals surface area contributed by atoms with Crippen molar-refractivity contribution in [3.63, 3.8) is 0 Å². The van der Waals surface area contributed by atoms with Crippen LogP contribution in [0.5, 0.6) is 0 Å². The van der Waals surface area contributed by atoms with Gasteiger partial charge >= 0.3 is 5.97 Å². The summed E-state index contributed by atoms with van der Waals surface area (Å²) in [7, 11) is 1.39. The molecule has 0 fully saturated rings. The number of methoxy groups -OCH3 is 1. The van der Waals surface area contributed by atoms with Gasteiger partial charge in [0.05, 0.1) is 7.11 Å². The fraction of sp³-hybridized carbons (Fsp3) is 0.462. The van der Waals surface area contributed by atoms with E-state index in [1.165, 1.54) is 7.11 Å². The number of rotatable bonds is 5. The number of hydrogen-bond acceptors (Lipinski definition) is 3. The molecule has 5 heteroatoms. The average molecular weight is 335 g/mol. The van der Waals surface area contributed by atoms with Crippen molar-refractivity contribution in [3.05, 3.63) is 33.3 Å². The normalized spacial score (nSPS) is 14.1. The summed E-state index contributed by atoms with van der Waals surface area (Å²) in [5.74, 6) is -0.307. The quantitative estimate of drug-likeness (QED) is 0.834. The van der Waals surface area contributed by atoms with E-state index < -0.39 is 6.04 Å². The highest BCUT2D eigenvalue weighted by molar-refractivity contribution is 9.10. The van der Waals surface area contributed by atoms with Gasteiger partial charge in [-0.1, -0.05) is 40.5 Å². The second-order valence-electron chi connectivity index (χ2n) is 4.10. The van der Waals surface area contributed by atoms with Crippen LogP contribution in [-0.2, 0) is 9.53 Å². The topological polar surface area (TPSA) is 38.3 Å². The summed E-state index contributed by atoms with van der Waals surface area (Å²) in [5, 5.41) is 3.87. The zero-order valence-electron chi connectivity index (χ0n) is 10.7. The molecule has 0 saturated heterocycles. The molecule has 100 valence electrons. The van der Waals surface area contributed by atoms with Gasteiger partial charge in [0.1, 0.15) is 6.04 Å². The van der Waals surface area contributed by atoms with E-state index in [9.17, 15) is 4.79 Å². The van der Waals surface area contributed by atoms with Gasteiger partial charge in [-0.05, 0) is 31.0 Å². The zero-order chi connectivity index (χ0) is 13.7. The Kier molecular flexibility index (Phi) is 6.12. The van der Waals surface area contributed by atoms with Crippen molar-refractivity contribution in [1.82, 2.24) is 5.32 Å². The Balaban J connectivity index is 3.05. The molecule has 18 heavy (non-hydrogen) atoms. The number of esters is 1. The minimum absolute atomic E-state index is 0.219. The lowest BCUT2D eigenvalue weighted by molar-refractivity contribution is -0.143. The van der Waals surface area contributed by atoms with Crippen LogP contribution in [-0.4, -0.2) is 19.1 Å². The summed E-state index contributed by atoms with van der Waals surface area (Å²) in [6.45, 7) is 4.09. The maximum absolute atomic E-state index is 11.9. The van der Waals surface area contributed by atoms with Crippen molar-refractivity contribution in [2.24, 2.45) is 0 Å².